The Morgan fingerprint density at radius 2 is 1.74 bits per heavy atom. The van der Waals surface area contributed by atoms with Gasteiger partial charge in [-0.2, -0.15) is 4.68 Å². The number of hydrogen-bond acceptors (Lipinski definition) is 4. The van der Waals surface area contributed by atoms with Crippen molar-refractivity contribution in [2.75, 3.05) is 11.1 Å². The molecular weight excluding hydrogens is 290 g/mol. The predicted molar refractivity (Wildman–Crippen MR) is 89.6 cm³/mol. The Bertz CT molecular complexity index is 834. The molecule has 2 aromatic carbocycles. The van der Waals surface area contributed by atoms with Crippen LogP contribution in [0, 0.1) is 13.8 Å². The van der Waals surface area contributed by atoms with Crippen LogP contribution in [0.4, 0.5) is 11.5 Å². The molecule has 0 fully saturated rings. The van der Waals surface area contributed by atoms with Gasteiger partial charge in [0.15, 0.2) is 11.5 Å². The molecule has 0 aliphatic carbocycles. The minimum atomic E-state index is -0.380. The van der Waals surface area contributed by atoms with E-state index in [2.05, 4.69) is 15.6 Å². The zero-order valence-electron chi connectivity index (χ0n) is 12.9. The number of para-hydroxylation sites is 1. The third kappa shape index (κ3) is 3.06. The van der Waals surface area contributed by atoms with Gasteiger partial charge in [0.25, 0.3) is 5.91 Å². The molecule has 0 saturated carbocycles. The molecule has 0 aliphatic rings. The maximum Gasteiger partial charge on any atom is 0.280 e. The number of nitrogens with one attached hydrogen (secondary N) is 1. The van der Waals surface area contributed by atoms with Crippen molar-refractivity contribution in [2.24, 2.45) is 0 Å². The summed E-state index contributed by atoms with van der Waals surface area (Å²) >= 11 is 0. The topological polar surface area (TPSA) is 85.8 Å². The Morgan fingerprint density at radius 3 is 2.39 bits per heavy atom. The van der Waals surface area contributed by atoms with Crippen LogP contribution in [-0.2, 0) is 0 Å². The molecule has 0 spiro atoms. The van der Waals surface area contributed by atoms with E-state index in [-0.39, 0.29) is 17.4 Å². The summed E-state index contributed by atoms with van der Waals surface area (Å²) in [6.07, 6.45) is 0. The molecule has 1 amide bonds. The van der Waals surface area contributed by atoms with Crippen LogP contribution in [0.25, 0.3) is 5.69 Å². The van der Waals surface area contributed by atoms with E-state index in [4.69, 9.17) is 5.73 Å². The number of anilines is 2. The van der Waals surface area contributed by atoms with Crippen molar-refractivity contribution in [1.29, 1.82) is 0 Å². The van der Waals surface area contributed by atoms with E-state index in [0.29, 0.717) is 5.69 Å². The van der Waals surface area contributed by atoms with Gasteiger partial charge in [-0.05, 0) is 49.2 Å². The molecule has 6 nitrogen and oxygen atoms in total. The lowest BCUT2D eigenvalue weighted by atomic mass is 10.1. The summed E-state index contributed by atoms with van der Waals surface area (Å²) in [5.41, 5.74) is 9.73. The third-order valence-electron chi connectivity index (χ3n) is 3.40. The van der Waals surface area contributed by atoms with E-state index in [1.54, 1.807) is 0 Å². The quantitative estimate of drug-likeness (QED) is 0.779. The van der Waals surface area contributed by atoms with E-state index in [1.165, 1.54) is 4.68 Å². The minimum Gasteiger partial charge on any atom is -0.382 e. The maximum atomic E-state index is 12.4. The van der Waals surface area contributed by atoms with E-state index < -0.39 is 0 Å². The molecule has 0 saturated heterocycles. The second kappa shape index (κ2) is 5.92. The summed E-state index contributed by atoms with van der Waals surface area (Å²) in [7, 11) is 0. The summed E-state index contributed by atoms with van der Waals surface area (Å²) < 4.78 is 1.44. The molecule has 0 unspecified atom stereocenters. The van der Waals surface area contributed by atoms with Crippen molar-refractivity contribution in [2.45, 2.75) is 13.8 Å². The van der Waals surface area contributed by atoms with E-state index in [1.807, 2.05) is 62.4 Å². The van der Waals surface area contributed by atoms with Crippen LogP contribution >= 0.6 is 0 Å². The third-order valence-corrected chi connectivity index (χ3v) is 3.40. The van der Waals surface area contributed by atoms with Crippen LogP contribution in [0.5, 0.6) is 0 Å². The normalized spacial score (nSPS) is 10.5. The monoisotopic (exact) mass is 307 g/mol. The van der Waals surface area contributed by atoms with Crippen LogP contribution in [-0.4, -0.2) is 20.9 Å². The molecule has 23 heavy (non-hydrogen) atoms. The fourth-order valence-corrected chi connectivity index (χ4v) is 2.45. The molecule has 0 atom stereocenters. The lowest BCUT2D eigenvalue weighted by Crippen LogP contribution is -2.15. The molecule has 1 heterocycles. The standard InChI is InChI=1S/C17H17N5O/c1-11-8-12(2)10-13(9-11)19-17(23)15-16(18)22(21-20-15)14-6-4-3-5-7-14/h3-10H,18H2,1-2H3,(H,19,23). The second-order valence-electron chi connectivity index (χ2n) is 5.40. The molecule has 3 aromatic rings. The molecule has 3 rings (SSSR count). The number of nitrogens with zero attached hydrogens (tertiary/aromatic N) is 3. The number of amides is 1. The highest BCUT2D eigenvalue weighted by Gasteiger charge is 2.18. The van der Waals surface area contributed by atoms with E-state index >= 15 is 0 Å². The van der Waals surface area contributed by atoms with Gasteiger partial charge in [0.05, 0.1) is 5.69 Å². The van der Waals surface area contributed by atoms with Crippen LogP contribution in [0.3, 0.4) is 0 Å². The Morgan fingerprint density at radius 1 is 1.09 bits per heavy atom. The first-order valence-corrected chi connectivity index (χ1v) is 7.21. The average Bonchev–Trinajstić information content (AvgIpc) is 2.89. The highest BCUT2D eigenvalue weighted by molar-refractivity contribution is 6.05. The summed E-state index contributed by atoms with van der Waals surface area (Å²) in [6.45, 7) is 3.95. The van der Waals surface area contributed by atoms with Gasteiger partial charge in [0.2, 0.25) is 0 Å². The molecule has 0 radical (unpaired) electrons. The van der Waals surface area contributed by atoms with Gasteiger partial charge in [-0.15, -0.1) is 5.10 Å². The number of nitrogen functional groups attached to an aromatic ring is 1. The summed E-state index contributed by atoms with van der Waals surface area (Å²) in [5, 5.41) is 10.7. The van der Waals surface area contributed by atoms with Crippen molar-refractivity contribution in [3.8, 4) is 5.69 Å². The molecule has 3 N–H and O–H groups in total. The fourth-order valence-electron chi connectivity index (χ4n) is 2.45. The fraction of sp³-hybridized carbons (Fsp3) is 0.118. The van der Waals surface area contributed by atoms with Crippen molar-refractivity contribution < 1.29 is 4.79 Å². The molecule has 1 aromatic heterocycles. The largest absolute Gasteiger partial charge is 0.382 e. The Kier molecular flexibility index (Phi) is 3.80. The van der Waals surface area contributed by atoms with Gasteiger partial charge < -0.3 is 11.1 Å². The Labute approximate surface area is 133 Å². The summed E-state index contributed by atoms with van der Waals surface area (Å²) in [5.74, 6) is -0.173. The van der Waals surface area contributed by atoms with Crippen LogP contribution in [0.15, 0.2) is 48.5 Å². The van der Waals surface area contributed by atoms with Crippen molar-refractivity contribution in [3.63, 3.8) is 0 Å². The number of hydrogen-bond donors (Lipinski definition) is 2. The molecule has 6 heteroatoms. The number of aryl methyl sites for hydroxylation is 2. The van der Waals surface area contributed by atoms with Gasteiger partial charge in [0.1, 0.15) is 0 Å². The lowest BCUT2D eigenvalue weighted by molar-refractivity contribution is 0.102. The number of carbonyl (C=O) groups excluding carboxylic acids is 1. The van der Waals surface area contributed by atoms with Crippen molar-refractivity contribution in [3.05, 3.63) is 65.4 Å². The number of rotatable bonds is 3. The molecule has 0 aliphatic heterocycles. The van der Waals surface area contributed by atoms with Gasteiger partial charge in [-0.3, -0.25) is 4.79 Å². The van der Waals surface area contributed by atoms with Crippen molar-refractivity contribution >= 4 is 17.4 Å². The number of benzene rings is 2. The first-order valence-electron chi connectivity index (χ1n) is 7.21. The highest BCUT2D eigenvalue weighted by Crippen LogP contribution is 2.18. The zero-order valence-corrected chi connectivity index (χ0v) is 12.9. The first-order chi connectivity index (χ1) is 11.0. The van der Waals surface area contributed by atoms with Crippen LogP contribution in [0.2, 0.25) is 0 Å². The molecular formula is C17H17N5O. The average molecular weight is 307 g/mol. The maximum absolute atomic E-state index is 12.4. The number of aromatic nitrogens is 3. The number of carbonyl (C=O) groups is 1. The highest BCUT2D eigenvalue weighted by atomic mass is 16.2. The van der Waals surface area contributed by atoms with Crippen LogP contribution < -0.4 is 11.1 Å². The SMILES string of the molecule is Cc1cc(C)cc(NC(=O)c2nnn(-c3ccccc3)c2N)c1. The zero-order chi connectivity index (χ0) is 16.4. The van der Waals surface area contributed by atoms with Gasteiger partial charge >= 0.3 is 0 Å². The smallest absolute Gasteiger partial charge is 0.280 e. The Hall–Kier alpha value is -3.15. The summed E-state index contributed by atoms with van der Waals surface area (Å²) in [6, 6.07) is 15.1. The van der Waals surface area contributed by atoms with Gasteiger partial charge in [0, 0.05) is 5.69 Å². The van der Waals surface area contributed by atoms with Crippen molar-refractivity contribution in [1.82, 2.24) is 15.0 Å². The predicted octanol–water partition coefficient (Wildman–Crippen LogP) is 2.72. The lowest BCUT2D eigenvalue weighted by Gasteiger charge is -2.07. The summed E-state index contributed by atoms with van der Waals surface area (Å²) in [4.78, 5) is 12.4. The van der Waals surface area contributed by atoms with Gasteiger partial charge in [-0.1, -0.05) is 29.5 Å². The molecule has 0 bridgehead atoms. The second-order valence-corrected chi connectivity index (χ2v) is 5.40. The minimum absolute atomic E-state index is 0.105. The van der Waals surface area contributed by atoms with Gasteiger partial charge in [-0.25, -0.2) is 0 Å². The first kappa shape index (κ1) is 14.8. The van der Waals surface area contributed by atoms with E-state index in [9.17, 15) is 4.79 Å². The van der Waals surface area contributed by atoms with Crippen LogP contribution in [0.1, 0.15) is 21.6 Å². The van der Waals surface area contributed by atoms with E-state index in [0.717, 1.165) is 16.8 Å². The Balaban J connectivity index is 1.87. The molecule has 116 valence electrons. The number of nitrogens with two attached hydrogens (primary N) is 1.